The van der Waals surface area contributed by atoms with Gasteiger partial charge in [0.05, 0.1) is 18.9 Å². The van der Waals surface area contributed by atoms with E-state index in [9.17, 15) is 9.18 Å². The van der Waals surface area contributed by atoms with Crippen molar-refractivity contribution < 1.29 is 13.9 Å². The van der Waals surface area contributed by atoms with Crippen LogP contribution in [-0.4, -0.2) is 57.1 Å². The highest BCUT2D eigenvalue weighted by atomic mass is 32.2. The first-order chi connectivity index (χ1) is 14.1. The molecule has 0 atom stereocenters. The zero-order chi connectivity index (χ0) is 20.6. The zero-order valence-electron chi connectivity index (χ0n) is 16.3. The van der Waals surface area contributed by atoms with Crippen molar-refractivity contribution in [1.82, 2.24) is 24.6 Å². The third kappa shape index (κ3) is 5.61. The molecule has 152 valence electrons. The van der Waals surface area contributed by atoms with E-state index >= 15 is 0 Å². The molecule has 0 radical (unpaired) electrons. The Bertz CT molecular complexity index is 934. The maximum absolute atomic E-state index is 13.0. The molecule has 0 N–H and O–H groups in total. The van der Waals surface area contributed by atoms with Gasteiger partial charge in [-0.15, -0.1) is 10.2 Å². The van der Waals surface area contributed by atoms with Crippen LogP contribution in [0.3, 0.4) is 0 Å². The fourth-order valence-electron chi connectivity index (χ4n) is 2.68. The van der Waals surface area contributed by atoms with Crippen LogP contribution in [0.4, 0.5) is 4.39 Å². The monoisotopic (exact) mass is 415 g/mol. The summed E-state index contributed by atoms with van der Waals surface area (Å²) in [6.07, 6.45) is 3.40. The lowest BCUT2D eigenvalue weighted by Gasteiger charge is -2.17. The summed E-state index contributed by atoms with van der Waals surface area (Å²) in [6, 6.07) is 9.86. The number of rotatable bonds is 9. The van der Waals surface area contributed by atoms with E-state index in [2.05, 4.69) is 15.2 Å². The summed E-state index contributed by atoms with van der Waals surface area (Å²) in [5.41, 5.74) is 1.77. The molecule has 0 fully saturated rings. The highest BCUT2D eigenvalue weighted by Gasteiger charge is 2.17. The Morgan fingerprint density at radius 3 is 2.59 bits per heavy atom. The summed E-state index contributed by atoms with van der Waals surface area (Å²) < 4.78 is 20.2. The van der Waals surface area contributed by atoms with E-state index in [1.807, 2.05) is 16.7 Å². The molecule has 0 unspecified atom stereocenters. The summed E-state index contributed by atoms with van der Waals surface area (Å²) in [5, 5.41) is 9.19. The van der Waals surface area contributed by atoms with Crippen LogP contribution >= 0.6 is 11.8 Å². The van der Waals surface area contributed by atoms with Gasteiger partial charge in [0.25, 0.3) is 0 Å². The summed E-state index contributed by atoms with van der Waals surface area (Å²) >= 11 is 1.33. The summed E-state index contributed by atoms with van der Waals surface area (Å²) in [7, 11) is 3.36. The molecule has 0 aliphatic heterocycles. The van der Waals surface area contributed by atoms with Crippen LogP contribution in [0.1, 0.15) is 5.56 Å². The quantitative estimate of drug-likeness (QED) is 0.501. The first kappa shape index (κ1) is 20.9. The molecule has 2 heterocycles. The molecule has 29 heavy (non-hydrogen) atoms. The van der Waals surface area contributed by atoms with Gasteiger partial charge < -0.3 is 9.64 Å². The van der Waals surface area contributed by atoms with Gasteiger partial charge in [-0.1, -0.05) is 23.9 Å². The molecule has 0 bridgehead atoms. The Morgan fingerprint density at radius 2 is 1.90 bits per heavy atom. The van der Waals surface area contributed by atoms with Gasteiger partial charge in [0.1, 0.15) is 5.82 Å². The number of hydrogen-bond acceptors (Lipinski definition) is 6. The number of carbonyl (C=O) groups is 1. The number of hydrogen-bond donors (Lipinski definition) is 0. The second-order valence-electron chi connectivity index (χ2n) is 6.35. The third-order valence-corrected chi connectivity index (χ3v) is 5.21. The standard InChI is InChI=1S/C20H22FN5O2S/c1-25(13-15-3-5-17(21)6-4-15)18(27)14-29-20-24-23-19(26(20)11-12-28-2)16-7-9-22-10-8-16/h3-10H,11-14H2,1-2H3. The molecule has 0 aliphatic carbocycles. The number of thioether (sulfide) groups is 1. The number of aromatic nitrogens is 4. The van der Waals surface area contributed by atoms with Crippen LogP contribution in [0.2, 0.25) is 0 Å². The lowest BCUT2D eigenvalue weighted by Crippen LogP contribution is -2.28. The van der Waals surface area contributed by atoms with E-state index < -0.39 is 0 Å². The maximum atomic E-state index is 13.0. The molecule has 0 aliphatic rings. The van der Waals surface area contributed by atoms with E-state index in [4.69, 9.17) is 4.74 Å². The predicted octanol–water partition coefficient (Wildman–Crippen LogP) is 2.88. The van der Waals surface area contributed by atoms with Crippen LogP contribution in [0.15, 0.2) is 53.9 Å². The summed E-state index contributed by atoms with van der Waals surface area (Å²) in [6.45, 7) is 1.49. The van der Waals surface area contributed by atoms with E-state index in [0.717, 1.165) is 11.1 Å². The molecule has 7 nitrogen and oxygen atoms in total. The van der Waals surface area contributed by atoms with E-state index in [1.165, 1.54) is 23.9 Å². The normalized spacial score (nSPS) is 10.9. The number of ether oxygens (including phenoxy) is 1. The van der Waals surface area contributed by atoms with Crippen molar-refractivity contribution in [1.29, 1.82) is 0 Å². The molecule has 0 saturated heterocycles. The van der Waals surface area contributed by atoms with Gasteiger partial charge in [-0.3, -0.25) is 14.3 Å². The van der Waals surface area contributed by atoms with Gasteiger partial charge in [0.15, 0.2) is 11.0 Å². The minimum Gasteiger partial charge on any atom is -0.383 e. The van der Waals surface area contributed by atoms with Crippen molar-refractivity contribution in [2.75, 3.05) is 26.5 Å². The molecule has 1 amide bonds. The molecule has 0 saturated carbocycles. The summed E-state index contributed by atoms with van der Waals surface area (Å²) in [4.78, 5) is 18.2. The SMILES string of the molecule is COCCn1c(SCC(=O)N(C)Cc2ccc(F)cc2)nnc1-c1ccncc1. The van der Waals surface area contributed by atoms with Gasteiger partial charge in [-0.25, -0.2) is 4.39 Å². The van der Waals surface area contributed by atoms with E-state index in [1.54, 1.807) is 43.6 Å². The summed E-state index contributed by atoms with van der Waals surface area (Å²) in [5.74, 6) is 0.586. The number of benzene rings is 1. The second kappa shape index (κ2) is 10.1. The largest absolute Gasteiger partial charge is 0.383 e. The molecule has 3 aromatic rings. The maximum Gasteiger partial charge on any atom is 0.233 e. The fraction of sp³-hybridized carbons (Fsp3) is 0.300. The fourth-order valence-corrected chi connectivity index (χ4v) is 3.59. The minimum atomic E-state index is -0.293. The highest BCUT2D eigenvalue weighted by Crippen LogP contribution is 2.24. The number of carbonyl (C=O) groups excluding carboxylic acids is 1. The van der Waals surface area contributed by atoms with E-state index in [-0.39, 0.29) is 17.5 Å². The average Bonchev–Trinajstić information content (AvgIpc) is 3.15. The highest BCUT2D eigenvalue weighted by molar-refractivity contribution is 7.99. The van der Waals surface area contributed by atoms with E-state index in [0.29, 0.717) is 30.7 Å². The molecule has 1 aromatic carbocycles. The van der Waals surface area contributed by atoms with Crippen molar-refractivity contribution in [3.63, 3.8) is 0 Å². The van der Waals surface area contributed by atoms with Gasteiger partial charge in [0.2, 0.25) is 5.91 Å². The molecule has 3 rings (SSSR count). The van der Waals surface area contributed by atoms with Crippen molar-refractivity contribution in [2.45, 2.75) is 18.2 Å². The van der Waals surface area contributed by atoms with Gasteiger partial charge in [-0.2, -0.15) is 0 Å². The lowest BCUT2D eigenvalue weighted by molar-refractivity contribution is -0.127. The number of pyridine rings is 1. The van der Waals surface area contributed by atoms with Crippen LogP contribution in [-0.2, 0) is 22.6 Å². The van der Waals surface area contributed by atoms with Gasteiger partial charge in [0, 0.05) is 38.7 Å². The smallest absolute Gasteiger partial charge is 0.233 e. The minimum absolute atomic E-state index is 0.0499. The second-order valence-corrected chi connectivity index (χ2v) is 7.29. The Balaban J connectivity index is 1.66. The molecule has 9 heteroatoms. The Hall–Kier alpha value is -2.78. The van der Waals surface area contributed by atoms with Crippen LogP contribution in [0.5, 0.6) is 0 Å². The Morgan fingerprint density at radius 1 is 1.17 bits per heavy atom. The zero-order valence-corrected chi connectivity index (χ0v) is 17.1. The first-order valence-corrected chi connectivity index (χ1v) is 10.0. The van der Waals surface area contributed by atoms with Crippen LogP contribution in [0.25, 0.3) is 11.4 Å². The van der Waals surface area contributed by atoms with Crippen molar-refractivity contribution in [2.24, 2.45) is 0 Å². The molecule has 0 spiro atoms. The van der Waals surface area contributed by atoms with Crippen molar-refractivity contribution in [3.8, 4) is 11.4 Å². The van der Waals surface area contributed by atoms with Gasteiger partial charge in [-0.05, 0) is 29.8 Å². The van der Waals surface area contributed by atoms with Crippen molar-refractivity contribution in [3.05, 3.63) is 60.2 Å². The number of amides is 1. The Kier molecular flexibility index (Phi) is 7.31. The number of nitrogens with zero attached hydrogens (tertiary/aromatic N) is 5. The van der Waals surface area contributed by atoms with Crippen LogP contribution in [0, 0.1) is 5.82 Å². The lowest BCUT2D eigenvalue weighted by atomic mass is 10.2. The number of methoxy groups -OCH3 is 1. The van der Waals surface area contributed by atoms with Gasteiger partial charge >= 0.3 is 0 Å². The third-order valence-electron chi connectivity index (χ3n) is 4.26. The molecular weight excluding hydrogens is 393 g/mol. The molecule has 2 aromatic heterocycles. The number of halogens is 1. The Labute approximate surface area is 172 Å². The molecular formula is C20H22FN5O2S. The average molecular weight is 415 g/mol. The van der Waals surface area contributed by atoms with Crippen LogP contribution < -0.4 is 0 Å². The topological polar surface area (TPSA) is 73.1 Å². The first-order valence-electron chi connectivity index (χ1n) is 9.02. The van der Waals surface area contributed by atoms with Crippen molar-refractivity contribution >= 4 is 17.7 Å². The predicted molar refractivity (Wildman–Crippen MR) is 109 cm³/mol.